The van der Waals surface area contributed by atoms with Crippen molar-refractivity contribution in [2.45, 2.75) is 13.3 Å². The van der Waals surface area contributed by atoms with E-state index in [1.165, 1.54) is 19.1 Å². The first-order valence-electron chi connectivity index (χ1n) is 5.00. The van der Waals surface area contributed by atoms with Crippen LogP contribution >= 0.6 is 0 Å². The minimum Gasteiger partial charge on any atom is -0.352 e. The van der Waals surface area contributed by atoms with Crippen molar-refractivity contribution in [2.24, 2.45) is 5.73 Å². The quantitative estimate of drug-likeness (QED) is 0.764. The number of benzene rings is 1. The van der Waals surface area contributed by atoms with E-state index in [1.807, 2.05) is 0 Å². The second-order valence-corrected chi connectivity index (χ2v) is 3.46. The van der Waals surface area contributed by atoms with E-state index in [4.69, 9.17) is 5.73 Å². The van der Waals surface area contributed by atoms with E-state index in [0.717, 1.165) is 0 Å². The minimum atomic E-state index is -1.11. The molecule has 0 fully saturated rings. The van der Waals surface area contributed by atoms with Crippen LogP contribution in [0.3, 0.4) is 0 Å². The Morgan fingerprint density at radius 2 is 2.06 bits per heavy atom. The van der Waals surface area contributed by atoms with Gasteiger partial charge in [-0.05, 0) is 31.5 Å². The zero-order chi connectivity index (χ0) is 12.1. The predicted molar refractivity (Wildman–Crippen MR) is 57.1 cm³/mol. The molecule has 16 heavy (non-hydrogen) atoms. The Kier molecular flexibility index (Phi) is 4.37. The van der Waals surface area contributed by atoms with Crippen molar-refractivity contribution < 1.29 is 13.6 Å². The third kappa shape index (κ3) is 2.76. The Balaban J connectivity index is 2.80. The van der Waals surface area contributed by atoms with Crippen molar-refractivity contribution in [3.63, 3.8) is 0 Å². The van der Waals surface area contributed by atoms with Crippen molar-refractivity contribution in [2.75, 3.05) is 13.1 Å². The maximum absolute atomic E-state index is 13.4. The molecule has 0 saturated heterocycles. The molecule has 5 heteroatoms. The third-order valence-electron chi connectivity index (χ3n) is 2.19. The minimum absolute atomic E-state index is 0.177. The van der Waals surface area contributed by atoms with Crippen LogP contribution in [0, 0.1) is 18.6 Å². The molecule has 0 saturated carbocycles. The molecule has 1 aromatic carbocycles. The molecule has 0 radical (unpaired) electrons. The summed E-state index contributed by atoms with van der Waals surface area (Å²) in [6.45, 7) is 2.23. The van der Waals surface area contributed by atoms with Gasteiger partial charge in [-0.3, -0.25) is 4.79 Å². The highest BCUT2D eigenvalue weighted by Gasteiger charge is 2.16. The first-order chi connectivity index (χ1) is 7.57. The predicted octanol–water partition coefficient (Wildman–Crippen LogP) is 1.35. The highest BCUT2D eigenvalue weighted by atomic mass is 19.2. The molecule has 0 aliphatic heterocycles. The fraction of sp³-hybridized carbons (Fsp3) is 0.364. The number of nitrogens with two attached hydrogens (primary N) is 1. The highest BCUT2D eigenvalue weighted by molar-refractivity contribution is 5.94. The zero-order valence-electron chi connectivity index (χ0n) is 9.02. The molecular formula is C11H14F2N2O. The Labute approximate surface area is 92.6 Å². The molecule has 1 aromatic rings. The second kappa shape index (κ2) is 5.55. The summed E-state index contributed by atoms with van der Waals surface area (Å²) in [6, 6.07) is 2.64. The van der Waals surface area contributed by atoms with E-state index in [2.05, 4.69) is 5.32 Å². The van der Waals surface area contributed by atoms with Gasteiger partial charge in [0.25, 0.3) is 5.91 Å². The van der Waals surface area contributed by atoms with Crippen molar-refractivity contribution >= 4 is 5.91 Å². The summed E-state index contributed by atoms with van der Waals surface area (Å²) < 4.78 is 26.5. The van der Waals surface area contributed by atoms with Gasteiger partial charge in [-0.15, -0.1) is 0 Å². The molecule has 0 bridgehead atoms. The maximum atomic E-state index is 13.4. The van der Waals surface area contributed by atoms with Crippen LogP contribution < -0.4 is 11.1 Å². The van der Waals surface area contributed by atoms with E-state index in [-0.39, 0.29) is 11.1 Å². The van der Waals surface area contributed by atoms with E-state index in [9.17, 15) is 13.6 Å². The summed E-state index contributed by atoms with van der Waals surface area (Å²) in [5, 5.41) is 2.46. The molecule has 0 aromatic heterocycles. The van der Waals surface area contributed by atoms with Gasteiger partial charge in [-0.2, -0.15) is 0 Å². The van der Waals surface area contributed by atoms with Gasteiger partial charge in [0.2, 0.25) is 0 Å². The van der Waals surface area contributed by atoms with Crippen molar-refractivity contribution in [3.8, 4) is 0 Å². The summed E-state index contributed by atoms with van der Waals surface area (Å²) in [5.74, 6) is -2.71. The third-order valence-corrected chi connectivity index (χ3v) is 2.19. The Morgan fingerprint density at radius 1 is 1.38 bits per heavy atom. The number of rotatable bonds is 4. The Bertz CT molecular complexity index is 394. The van der Waals surface area contributed by atoms with E-state index >= 15 is 0 Å². The first kappa shape index (κ1) is 12.6. The molecule has 0 aliphatic carbocycles. The molecule has 0 aliphatic rings. The lowest BCUT2D eigenvalue weighted by molar-refractivity contribution is 0.0948. The van der Waals surface area contributed by atoms with Gasteiger partial charge in [0.05, 0.1) is 5.56 Å². The number of carbonyl (C=O) groups excluding carboxylic acids is 1. The number of hydrogen-bond donors (Lipinski definition) is 2. The molecule has 0 atom stereocenters. The van der Waals surface area contributed by atoms with Crippen LogP contribution in [0.5, 0.6) is 0 Å². The van der Waals surface area contributed by atoms with Crippen molar-refractivity contribution in [3.05, 3.63) is 34.9 Å². The number of hydrogen-bond acceptors (Lipinski definition) is 2. The molecule has 88 valence electrons. The first-order valence-corrected chi connectivity index (χ1v) is 5.00. The van der Waals surface area contributed by atoms with Gasteiger partial charge in [0, 0.05) is 6.54 Å². The topological polar surface area (TPSA) is 55.1 Å². The van der Waals surface area contributed by atoms with Gasteiger partial charge < -0.3 is 11.1 Å². The van der Waals surface area contributed by atoms with Gasteiger partial charge in [0.15, 0.2) is 11.6 Å². The van der Waals surface area contributed by atoms with Crippen molar-refractivity contribution in [1.29, 1.82) is 0 Å². The van der Waals surface area contributed by atoms with E-state index < -0.39 is 17.5 Å². The van der Waals surface area contributed by atoms with E-state index in [0.29, 0.717) is 19.5 Å². The number of carbonyl (C=O) groups is 1. The van der Waals surface area contributed by atoms with Crippen LogP contribution in [0.1, 0.15) is 22.3 Å². The Morgan fingerprint density at radius 3 is 2.69 bits per heavy atom. The normalized spacial score (nSPS) is 10.2. The number of aryl methyl sites for hydroxylation is 1. The molecule has 0 heterocycles. The van der Waals surface area contributed by atoms with Gasteiger partial charge >= 0.3 is 0 Å². The number of halogens is 2. The fourth-order valence-corrected chi connectivity index (χ4v) is 1.22. The second-order valence-electron chi connectivity index (χ2n) is 3.46. The standard InChI is InChI=1S/C11H14F2N2O/c1-7-3-4-8(10(13)9(7)12)11(16)15-6-2-5-14/h3-4H,2,5-6,14H2,1H3,(H,15,16). The Hall–Kier alpha value is -1.49. The van der Waals surface area contributed by atoms with Crippen LogP contribution in [0.4, 0.5) is 8.78 Å². The van der Waals surface area contributed by atoms with Gasteiger partial charge in [-0.25, -0.2) is 8.78 Å². The summed E-state index contributed by atoms with van der Waals surface area (Å²) >= 11 is 0. The van der Waals surface area contributed by atoms with E-state index in [1.54, 1.807) is 0 Å². The lowest BCUT2D eigenvalue weighted by atomic mass is 10.1. The average Bonchev–Trinajstić information content (AvgIpc) is 2.26. The summed E-state index contributed by atoms with van der Waals surface area (Å²) in [6.07, 6.45) is 0.599. The lowest BCUT2D eigenvalue weighted by Crippen LogP contribution is -2.27. The average molecular weight is 228 g/mol. The van der Waals surface area contributed by atoms with Crippen LogP contribution in [-0.4, -0.2) is 19.0 Å². The zero-order valence-corrected chi connectivity index (χ0v) is 9.02. The van der Waals surface area contributed by atoms with Crippen LogP contribution in [0.25, 0.3) is 0 Å². The van der Waals surface area contributed by atoms with Gasteiger partial charge in [-0.1, -0.05) is 6.07 Å². The lowest BCUT2D eigenvalue weighted by Gasteiger charge is -2.06. The SMILES string of the molecule is Cc1ccc(C(=O)NCCCN)c(F)c1F. The molecule has 0 unspecified atom stereocenters. The monoisotopic (exact) mass is 228 g/mol. The largest absolute Gasteiger partial charge is 0.352 e. The molecule has 3 nitrogen and oxygen atoms in total. The van der Waals surface area contributed by atoms with Gasteiger partial charge in [0.1, 0.15) is 0 Å². The van der Waals surface area contributed by atoms with Crippen molar-refractivity contribution in [1.82, 2.24) is 5.32 Å². The molecular weight excluding hydrogens is 214 g/mol. The number of amides is 1. The maximum Gasteiger partial charge on any atom is 0.254 e. The molecule has 3 N–H and O–H groups in total. The van der Waals surface area contributed by atoms with Crippen LogP contribution in [0.2, 0.25) is 0 Å². The summed E-state index contributed by atoms with van der Waals surface area (Å²) in [7, 11) is 0. The van der Waals surface area contributed by atoms with Crippen LogP contribution in [-0.2, 0) is 0 Å². The molecule has 1 rings (SSSR count). The smallest absolute Gasteiger partial charge is 0.254 e. The molecule has 0 spiro atoms. The summed E-state index contributed by atoms with van der Waals surface area (Å²) in [5.41, 5.74) is 5.14. The summed E-state index contributed by atoms with van der Waals surface area (Å²) in [4.78, 5) is 11.4. The molecule has 1 amide bonds. The number of nitrogens with one attached hydrogen (secondary N) is 1. The van der Waals surface area contributed by atoms with Crippen LogP contribution in [0.15, 0.2) is 12.1 Å². The highest BCUT2D eigenvalue weighted by Crippen LogP contribution is 2.15. The fourth-order valence-electron chi connectivity index (χ4n) is 1.22.